The molecule has 0 saturated heterocycles. The van der Waals surface area contributed by atoms with E-state index in [2.05, 4.69) is 36.2 Å². The molecule has 0 bridgehead atoms. The fraction of sp³-hybridized carbons (Fsp3) is 0.652. The number of rotatable bonds is 2. The van der Waals surface area contributed by atoms with Gasteiger partial charge in [-0.3, -0.25) is 9.89 Å². The number of carbonyl (C=O) groups excluding carboxylic acids is 1. The van der Waals surface area contributed by atoms with Crippen LogP contribution in [0.5, 0.6) is 0 Å². The van der Waals surface area contributed by atoms with Crippen LogP contribution in [0.25, 0.3) is 5.57 Å². The average Bonchev–Trinajstić information content (AvgIpc) is 3.25. The number of hydrogen-bond acceptors (Lipinski definition) is 3. The summed E-state index contributed by atoms with van der Waals surface area (Å²) < 4.78 is 0. The van der Waals surface area contributed by atoms with Gasteiger partial charge in [-0.1, -0.05) is 31.6 Å². The van der Waals surface area contributed by atoms with Crippen LogP contribution in [0.4, 0.5) is 0 Å². The van der Waals surface area contributed by atoms with Crippen molar-refractivity contribution in [3.05, 3.63) is 35.2 Å². The van der Waals surface area contributed by atoms with Gasteiger partial charge in [-0.25, -0.2) is 0 Å². The molecular weight excluding hydrogens is 336 g/mol. The first-order valence-electron chi connectivity index (χ1n) is 10.5. The molecule has 4 aliphatic carbocycles. The van der Waals surface area contributed by atoms with Gasteiger partial charge in [-0.2, -0.15) is 5.10 Å². The Bertz CT molecular complexity index is 837. The second-order valence-corrected chi connectivity index (χ2v) is 9.78. The summed E-state index contributed by atoms with van der Waals surface area (Å²) >= 11 is 0. The molecule has 4 heteroatoms. The monoisotopic (exact) mass is 366 g/mol. The molecule has 1 heterocycles. The number of aliphatic hydroxyl groups excluding tert-OH is 1. The maximum Gasteiger partial charge on any atom is 0.153 e. The molecular formula is C23H30N2O2. The molecule has 6 atom stereocenters. The summed E-state index contributed by atoms with van der Waals surface area (Å²) in [5, 5.41) is 17.4. The number of H-pyrrole nitrogens is 1. The molecule has 0 amide bonds. The van der Waals surface area contributed by atoms with Crippen LogP contribution in [0.2, 0.25) is 0 Å². The number of hydrogen-bond donors (Lipinski definition) is 2. The van der Waals surface area contributed by atoms with E-state index in [4.69, 9.17) is 0 Å². The lowest BCUT2D eigenvalue weighted by atomic mass is 9.47. The fourth-order valence-corrected chi connectivity index (χ4v) is 7.20. The molecule has 0 spiro atoms. The van der Waals surface area contributed by atoms with Crippen molar-refractivity contribution < 1.29 is 9.90 Å². The molecule has 2 N–H and O–H groups in total. The molecule has 2 fully saturated rings. The van der Waals surface area contributed by atoms with E-state index >= 15 is 0 Å². The highest BCUT2D eigenvalue weighted by molar-refractivity contribution is 5.85. The predicted octanol–water partition coefficient (Wildman–Crippen LogP) is 4.54. The zero-order valence-electron chi connectivity index (χ0n) is 16.4. The first kappa shape index (κ1) is 17.4. The number of aromatic nitrogens is 2. The van der Waals surface area contributed by atoms with Crippen molar-refractivity contribution in [1.82, 2.24) is 10.2 Å². The van der Waals surface area contributed by atoms with Gasteiger partial charge in [-0.05, 0) is 79.1 Å². The quantitative estimate of drug-likeness (QED) is 0.596. The highest BCUT2D eigenvalue weighted by Gasteiger charge is 2.57. The highest BCUT2D eigenvalue weighted by atomic mass is 16.3. The standard InChI is InChI=1S/C23H30N2O2/c1-22-9-7-16(27)11-15(22)3-4-17-18-5-6-20(21-14(13-26)12-24-25-21)23(18,2)10-8-19(17)22/h3,6,12-13,16-19,27H,4-5,7-11H2,1-2H3,(H,24,25)/t16-,17-,18-,19-,22-,23-/m0/s1. The normalized spacial score (nSPS) is 43.2. The summed E-state index contributed by atoms with van der Waals surface area (Å²) in [4.78, 5) is 11.4. The molecule has 0 unspecified atom stereocenters. The van der Waals surface area contributed by atoms with E-state index in [1.54, 1.807) is 6.20 Å². The Balaban J connectivity index is 1.49. The van der Waals surface area contributed by atoms with Gasteiger partial charge in [0.15, 0.2) is 6.29 Å². The average molecular weight is 367 g/mol. The van der Waals surface area contributed by atoms with Crippen LogP contribution in [-0.4, -0.2) is 27.7 Å². The molecule has 27 heavy (non-hydrogen) atoms. The fourth-order valence-electron chi connectivity index (χ4n) is 7.20. The van der Waals surface area contributed by atoms with Crippen molar-refractivity contribution in [2.24, 2.45) is 28.6 Å². The number of nitrogens with one attached hydrogen (secondary N) is 1. The molecule has 1 aromatic rings. The van der Waals surface area contributed by atoms with Crippen molar-refractivity contribution in [2.75, 3.05) is 0 Å². The van der Waals surface area contributed by atoms with E-state index in [1.807, 2.05) is 0 Å². The van der Waals surface area contributed by atoms with Gasteiger partial charge in [0.25, 0.3) is 0 Å². The molecule has 0 radical (unpaired) electrons. The van der Waals surface area contributed by atoms with Gasteiger partial charge in [0.05, 0.1) is 23.6 Å². The third-order valence-corrected chi connectivity index (χ3v) is 8.72. The first-order chi connectivity index (χ1) is 13.0. The van der Waals surface area contributed by atoms with Crippen LogP contribution in [0.3, 0.4) is 0 Å². The second-order valence-electron chi connectivity index (χ2n) is 9.78. The van der Waals surface area contributed by atoms with Crippen LogP contribution in [0, 0.1) is 28.6 Å². The Labute approximate surface area is 161 Å². The van der Waals surface area contributed by atoms with Gasteiger partial charge in [0.2, 0.25) is 0 Å². The number of aromatic amines is 1. The Morgan fingerprint density at radius 1 is 1.15 bits per heavy atom. The maximum atomic E-state index is 11.4. The van der Waals surface area contributed by atoms with Crippen LogP contribution in [0.15, 0.2) is 23.9 Å². The lowest BCUT2D eigenvalue weighted by Crippen LogP contribution is -2.49. The van der Waals surface area contributed by atoms with Crippen molar-refractivity contribution in [2.45, 2.75) is 64.9 Å². The lowest BCUT2D eigenvalue weighted by molar-refractivity contribution is -0.0238. The van der Waals surface area contributed by atoms with E-state index in [0.717, 1.165) is 50.0 Å². The van der Waals surface area contributed by atoms with Crippen LogP contribution >= 0.6 is 0 Å². The number of aliphatic hydroxyl groups is 1. The summed E-state index contributed by atoms with van der Waals surface area (Å²) in [7, 11) is 0. The van der Waals surface area contributed by atoms with Crippen LogP contribution in [0.1, 0.15) is 74.8 Å². The lowest BCUT2D eigenvalue weighted by Gasteiger charge is -2.57. The zero-order valence-corrected chi connectivity index (χ0v) is 16.4. The maximum absolute atomic E-state index is 11.4. The van der Waals surface area contributed by atoms with Crippen molar-refractivity contribution >= 4 is 11.9 Å². The van der Waals surface area contributed by atoms with Crippen molar-refractivity contribution in [3.8, 4) is 0 Å². The van der Waals surface area contributed by atoms with Crippen molar-refractivity contribution in [3.63, 3.8) is 0 Å². The minimum absolute atomic E-state index is 0.126. The van der Waals surface area contributed by atoms with Gasteiger partial charge in [0.1, 0.15) is 0 Å². The Hall–Kier alpha value is -1.68. The highest BCUT2D eigenvalue weighted by Crippen LogP contribution is 2.66. The van der Waals surface area contributed by atoms with Crippen molar-refractivity contribution in [1.29, 1.82) is 0 Å². The largest absolute Gasteiger partial charge is 0.393 e. The molecule has 4 aliphatic rings. The van der Waals surface area contributed by atoms with E-state index < -0.39 is 0 Å². The number of nitrogens with zero attached hydrogens (tertiary/aromatic N) is 1. The Morgan fingerprint density at radius 3 is 2.78 bits per heavy atom. The van der Waals surface area contributed by atoms with Gasteiger partial charge in [-0.15, -0.1) is 0 Å². The van der Waals surface area contributed by atoms with E-state index in [-0.39, 0.29) is 16.9 Å². The summed E-state index contributed by atoms with van der Waals surface area (Å²) in [5.41, 5.74) is 4.85. The number of fused-ring (bicyclic) bond motifs is 5. The van der Waals surface area contributed by atoms with E-state index in [1.165, 1.54) is 24.0 Å². The van der Waals surface area contributed by atoms with E-state index in [9.17, 15) is 9.90 Å². The summed E-state index contributed by atoms with van der Waals surface area (Å²) in [6.07, 6.45) is 14.9. The summed E-state index contributed by atoms with van der Waals surface area (Å²) in [6.45, 7) is 4.88. The Morgan fingerprint density at radius 2 is 1.96 bits per heavy atom. The Kier molecular flexibility index (Phi) is 3.81. The van der Waals surface area contributed by atoms with Gasteiger partial charge >= 0.3 is 0 Å². The molecule has 0 aliphatic heterocycles. The van der Waals surface area contributed by atoms with Crippen LogP contribution in [-0.2, 0) is 0 Å². The number of allylic oxidation sites excluding steroid dienone is 3. The third kappa shape index (κ3) is 2.32. The van der Waals surface area contributed by atoms with Crippen LogP contribution < -0.4 is 0 Å². The molecule has 5 rings (SSSR count). The number of aldehydes is 1. The summed E-state index contributed by atoms with van der Waals surface area (Å²) in [6, 6.07) is 0. The van der Waals surface area contributed by atoms with Gasteiger partial charge < -0.3 is 5.11 Å². The van der Waals surface area contributed by atoms with E-state index in [0.29, 0.717) is 17.4 Å². The van der Waals surface area contributed by atoms with Gasteiger partial charge in [0, 0.05) is 0 Å². The summed E-state index contributed by atoms with van der Waals surface area (Å²) in [5.74, 6) is 2.06. The minimum Gasteiger partial charge on any atom is -0.393 e. The zero-order chi connectivity index (χ0) is 18.8. The number of carbonyl (C=O) groups is 1. The molecule has 0 aromatic carbocycles. The third-order valence-electron chi connectivity index (χ3n) is 8.72. The molecule has 2 saturated carbocycles. The second kappa shape index (κ2) is 5.91. The molecule has 144 valence electrons. The minimum atomic E-state index is -0.142. The molecule has 4 nitrogen and oxygen atoms in total. The smallest absolute Gasteiger partial charge is 0.153 e. The first-order valence-corrected chi connectivity index (χ1v) is 10.5. The topological polar surface area (TPSA) is 66.0 Å². The predicted molar refractivity (Wildman–Crippen MR) is 105 cm³/mol. The SMILES string of the molecule is C[C@]12CC[C@H](O)CC1=CC[C@@H]1[C@@H]2CC[C@]2(C)C(c3[nH]ncc3C=O)=CC[C@@H]12. The molecule has 1 aromatic heterocycles.